The van der Waals surface area contributed by atoms with Crippen molar-refractivity contribution < 1.29 is 0 Å². The Kier molecular flexibility index (Phi) is 7.04. The van der Waals surface area contributed by atoms with Gasteiger partial charge in [0.25, 0.3) is 0 Å². The number of rotatable bonds is 7. The molecular formula is C15H32N2S. The zero-order chi connectivity index (χ0) is 13.6. The molecule has 0 aromatic carbocycles. The maximum Gasteiger partial charge on any atom is 0.0231 e. The lowest BCUT2D eigenvalue weighted by molar-refractivity contribution is 0.172. The normalized spacial score (nSPS) is 22.3. The minimum Gasteiger partial charge on any atom is -0.315 e. The minimum atomic E-state index is 0.433. The quantitative estimate of drug-likeness (QED) is 0.766. The van der Waals surface area contributed by atoms with Crippen molar-refractivity contribution in [2.75, 3.05) is 31.9 Å². The highest BCUT2D eigenvalue weighted by atomic mass is 32.2. The topological polar surface area (TPSA) is 15.3 Å². The van der Waals surface area contributed by atoms with Crippen LogP contribution in [0.3, 0.4) is 0 Å². The van der Waals surface area contributed by atoms with E-state index in [0.29, 0.717) is 4.75 Å². The van der Waals surface area contributed by atoms with Crippen LogP contribution in [0.25, 0.3) is 0 Å². The van der Waals surface area contributed by atoms with E-state index in [0.717, 1.165) is 25.0 Å². The smallest absolute Gasteiger partial charge is 0.0231 e. The first-order valence-corrected chi connectivity index (χ1v) is 8.52. The summed E-state index contributed by atoms with van der Waals surface area (Å²) < 4.78 is 0.433. The van der Waals surface area contributed by atoms with Gasteiger partial charge in [-0.3, -0.25) is 4.90 Å². The highest BCUT2D eigenvalue weighted by Crippen LogP contribution is 2.30. The monoisotopic (exact) mass is 272 g/mol. The van der Waals surface area contributed by atoms with Gasteiger partial charge in [0.1, 0.15) is 0 Å². The molecule has 0 aliphatic carbocycles. The second-order valence-electron chi connectivity index (χ2n) is 6.57. The van der Waals surface area contributed by atoms with Gasteiger partial charge in [0.05, 0.1) is 0 Å². The number of thioether (sulfide) groups is 1. The molecule has 1 aliphatic heterocycles. The number of hydrogen-bond acceptors (Lipinski definition) is 3. The molecule has 0 saturated carbocycles. The molecule has 1 N–H and O–H groups in total. The lowest BCUT2D eigenvalue weighted by Gasteiger charge is -2.42. The van der Waals surface area contributed by atoms with E-state index in [9.17, 15) is 0 Å². The molecule has 0 aromatic heterocycles. The largest absolute Gasteiger partial charge is 0.315 e. The maximum atomic E-state index is 3.65. The molecule has 0 radical (unpaired) electrons. The number of nitrogens with zero attached hydrogens (tertiary/aromatic N) is 1. The summed E-state index contributed by atoms with van der Waals surface area (Å²) in [6.07, 6.45) is 2.62. The van der Waals surface area contributed by atoms with Crippen LogP contribution in [0.2, 0.25) is 0 Å². The SMILES string of the molecule is CCCC(CNCC(C)C)N1CCSC(C)(C)C1. The molecule has 1 saturated heterocycles. The third-order valence-electron chi connectivity index (χ3n) is 3.53. The Morgan fingerprint density at radius 2 is 2.00 bits per heavy atom. The fourth-order valence-corrected chi connectivity index (χ4v) is 3.79. The molecule has 18 heavy (non-hydrogen) atoms. The van der Waals surface area contributed by atoms with Gasteiger partial charge < -0.3 is 5.32 Å². The van der Waals surface area contributed by atoms with Crippen molar-refractivity contribution in [2.24, 2.45) is 5.92 Å². The van der Waals surface area contributed by atoms with Gasteiger partial charge in [-0.05, 0) is 32.7 Å². The predicted octanol–water partition coefficient (Wildman–Crippen LogP) is 3.23. The molecule has 0 aromatic rings. The molecule has 3 heteroatoms. The zero-order valence-electron chi connectivity index (χ0n) is 13.0. The maximum absolute atomic E-state index is 3.65. The van der Waals surface area contributed by atoms with E-state index in [1.54, 1.807) is 0 Å². The van der Waals surface area contributed by atoms with Crippen molar-refractivity contribution >= 4 is 11.8 Å². The fraction of sp³-hybridized carbons (Fsp3) is 1.00. The molecule has 1 unspecified atom stereocenters. The van der Waals surface area contributed by atoms with Crippen LogP contribution in [0.1, 0.15) is 47.5 Å². The summed E-state index contributed by atoms with van der Waals surface area (Å²) in [7, 11) is 0. The van der Waals surface area contributed by atoms with E-state index in [2.05, 4.69) is 56.6 Å². The van der Waals surface area contributed by atoms with Crippen molar-refractivity contribution in [3.8, 4) is 0 Å². The standard InChI is InChI=1S/C15H32N2S/c1-6-7-14(11-16-10-13(2)3)17-8-9-18-15(4,5)12-17/h13-14,16H,6-12H2,1-5H3. The van der Waals surface area contributed by atoms with Gasteiger partial charge in [-0.15, -0.1) is 0 Å². The van der Waals surface area contributed by atoms with Crippen LogP contribution < -0.4 is 5.32 Å². The van der Waals surface area contributed by atoms with E-state index < -0.39 is 0 Å². The second kappa shape index (κ2) is 7.76. The summed E-state index contributed by atoms with van der Waals surface area (Å²) in [5.41, 5.74) is 0. The molecule has 0 spiro atoms. The average Bonchev–Trinajstić information content (AvgIpc) is 2.26. The Bertz CT molecular complexity index is 229. The van der Waals surface area contributed by atoms with Crippen molar-refractivity contribution in [2.45, 2.75) is 58.2 Å². The van der Waals surface area contributed by atoms with Crippen LogP contribution in [0, 0.1) is 5.92 Å². The van der Waals surface area contributed by atoms with Gasteiger partial charge in [-0.25, -0.2) is 0 Å². The van der Waals surface area contributed by atoms with Crippen LogP contribution in [-0.4, -0.2) is 47.6 Å². The van der Waals surface area contributed by atoms with Crippen LogP contribution in [-0.2, 0) is 0 Å². The van der Waals surface area contributed by atoms with Crippen molar-refractivity contribution in [1.82, 2.24) is 10.2 Å². The minimum absolute atomic E-state index is 0.433. The Labute approximate surface area is 118 Å². The van der Waals surface area contributed by atoms with Crippen molar-refractivity contribution in [3.05, 3.63) is 0 Å². The first-order valence-electron chi connectivity index (χ1n) is 7.53. The molecule has 1 fully saturated rings. The molecular weight excluding hydrogens is 240 g/mol. The average molecular weight is 273 g/mol. The molecule has 1 atom stereocenters. The van der Waals surface area contributed by atoms with Gasteiger partial charge >= 0.3 is 0 Å². The molecule has 1 aliphatic rings. The molecule has 108 valence electrons. The number of hydrogen-bond donors (Lipinski definition) is 1. The summed E-state index contributed by atoms with van der Waals surface area (Å²) in [5.74, 6) is 2.04. The summed E-state index contributed by atoms with van der Waals surface area (Å²) in [6.45, 7) is 16.4. The van der Waals surface area contributed by atoms with E-state index in [1.165, 1.54) is 31.7 Å². The number of nitrogens with one attached hydrogen (secondary N) is 1. The molecule has 0 amide bonds. The second-order valence-corrected chi connectivity index (χ2v) is 8.38. The lowest BCUT2D eigenvalue weighted by atomic mass is 10.1. The van der Waals surface area contributed by atoms with Gasteiger partial charge in [-0.2, -0.15) is 11.8 Å². The van der Waals surface area contributed by atoms with Crippen molar-refractivity contribution in [3.63, 3.8) is 0 Å². The third kappa shape index (κ3) is 5.94. The summed E-state index contributed by atoms with van der Waals surface area (Å²) in [5, 5.41) is 3.65. The Morgan fingerprint density at radius 3 is 2.56 bits per heavy atom. The lowest BCUT2D eigenvalue weighted by Crippen LogP contribution is -2.51. The molecule has 1 heterocycles. The molecule has 2 nitrogen and oxygen atoms in total. The van der Waals surface area contributed by atoms with Gasteiger partial charge in [0, 0.05) is 36.2 Å². The van der Waals surface area contributed by atoms with E-state index >= 15 is 0 Å². The van der Waals surface area contributed by atoms with E-state index in [4.69, 9.17) is 0 Å². The van der Waals surface area contributed by atoms with E-state index in [-0.39, 0.29) is 0 Å². The Morgan fingerprint density at radius 1 is 1.28 bits per heavy atom. The fourth-order valence-electron chi connectivity index (χ4n) is 2.65. The van der Waals surface area contributed by atoms with Gasteiger partial charge in [0.15, 0.2) is 0 Å². The molecule has 0 bridgehead atoms. The highest BCUT2D eigenvalue weighted by molar-refractivity contribution is 8.00. The first kappa shape index (κ1) is 16.3. The van der Waals surface area contributed by atoms with Crippen LogP contribution in [0.15, 0.2) is 0 Å². The highest BCUT2D eigenvalue weighted by Gasteiger charge is 2.30. The van der Waals surface area contributed by atoms with E-state index in [1.807, 2.05) is 0 Å². The zero-order valence-corrected chi connectivity index (χ0v) is 13.8. The Balaban J connectivity index is 2.44. The van der Waals surface area contributed by atoms with Crippen LogP contribution in [0.4, 0.5) is 0 Å². The van der Waals surface area contributed by atoms with Crippen molar-refractivity contribution in [1.29, 1.82) is 0 Å². The molecule has 1 rings (SSSR count). The third-order valence-corrected chi connectivity index (χ3v) is 4.82. The Hall–Kier alpha value is 0.270. The summed E-state index contributed by atoms with van der Waals surface area (Å²) >= 11 is 2.13. The first-order chi connectivity index (χ1) is 8.44. The van der Waals surface area contributed by atoms with Gasteiger partial charge in [-0.1, -0.05) is 27.2 Å². The van der Waals surface area contributed by atoms with Crippen LogP contribution >= 0.6 is 11.8 Å². The van der Waals surface area contributed by atoms with Crippen LogP contribution in [0.5, 0.6) is 0 Å². The summed E-state index contributed by atoms with van der Waals surface area (Å²) in [4.78, 5) is 2.72. The van der Waals surface area contributed by atoms with Gasteiger partial charge in [0.2, 0.25) is 0 Å². The summed E-state index contributed by atoms with van der Waals surface area (Å²) in [6, 6.07) is 0.730. The predicted molar refractivity (Wildman–Crippen MR) is 84.5 cm³/mol.